The first-order valence-corrected chi connectivity index (χ1v) is 6.40. The van der Waals surface area contributed by atoms with E-state index in [0.717, 1.165) is 11.4 Å². The van der Waals surface area contributed by atoms with Gasteiger partial charge in [-0.25, -0.2) is 14.4 Å². The first-order valence-electron chi connectivity index (χ1n) is 6.40. The molecule has 0 aliphatic carbocycles. The van der Waals surface area contributed by atoms with Crippen LogP contribution in [0.25, 0.3) is 11.0 Å². The summed E-state index contributed by atoms with van der Waals surface area (Å²) in [5.74, 6) is -0.837. The molecule has 8 heteroatoms. The minimum atomic E-state index is -0.492. The number of hydrogen-bond acceptors (Lipinski definition) is 4. The molecule has 22 heavy (non-hydrogen) atoms. The molecule has 1 aromatic heterocycles. The normalized spacial score (nSPS) is 9.82. The van der Waals surface area contributed by atoms with Crippen molar-refractivity contribution in [3.8, 4) is 0 Å². The lowest BCUT2D eigenvalue weighted by atomic mass is 10.1. The third-order valence-corrected chi connectivity index (χ3v) is 3.05. The molecule has 0 saturated carbocycles. The van der Waals surface area contributed by atoms with Gasteiger partial charge in [0.1, 0.15) is 11.3 Å². The molecular weight excluding hydrogens is 330 g/mol. The molecule has 1 aromatic carbocycles. The van der Waals surface area contributed by atoms with Crippen molar-refractivity contribution in [2.75, 3.05) is 20.1 Å². The number of nitrogens with zero attached hydrogens (tertiary/aromatic N) is 2. The van der Waals surface area contributed by atoms with Crippen molar-refractivity contribution in [1.82, 2.24) is 20.6 Å². The number of halogens is 3. The SMILES string of the molecule is CNCCNC(=O)c1cc(F)cc2nc(C)c(C)nc12.Cl.Cl. The van der Waals surface area contributed by atoms with Crippen LogP contribution in [0.3, 0.4) is 0 Å². The second kappa shape index (κ2) is 8.82. The standard InChI is InChI=1S/C14H17FN4O.2ClH/c1-8-9(2)19-13-11(14(20)17-5-4-16-3)6-10(15)7-12(13)18-8;;/h6-7,16H,4-5H2,1-3H3,(H,17,20);2*1H. The lowest BCUT2D eigenvalue weighted by molar-refractivity contribution is 0.0955. The van der Waals surface area contributed by atoms with Gasteiger partial charge in [0.25, 0.3) is 5.91 Å². The van der Waals surface area contributed by atoms with Gasteiger partial charge in [-0.05, 0) is 27.0 Å². The van der Waals surface area contributed by atoms with Crippen molar-refractivity contribution < 1.29 is 9.18 Å². The molecule has 0 unspecified atom stereocenters. The average Bonchev–Trinajstić information content (AvgIpc) is 2.40. The van der Waals surface area contributed by atoms with Crippen molar-refractivity contribution in [1.29, 1.82) is 0 Å². The Kier molecular flexibility index (Phi) is 8.22. The summed E-state index contributed by atoms with van der Waals surface area (Å²) in [5, 5.41) is 5.64. The maximum absolute atomic E-state index is 13.6. The van der Waals surface area contributed by atoms with Crippen molar-refractivity contribution in [2.45, 2.75) is 13.8 Å². The highest BCUT2D eigenvalue weighted by Gasteiger charge is 2.15. The Morgan fingerprint density at radius 1 is 1.14 bits per heavy atom. The van der Waals surface area contributed by atoms with Gasteiger partial charge in [-0.15, -0.1) is 24.8 Å². The van der Waals surface area contributed by atoms with E-state index < -0.39 is 5.82 Å². The van der Waals surface area contributed by atoms with Gasteiger partial charge in [0.15, 0.2) is 0 Å². The summed E-state index contributed by atoms with van der Waals surface area (Å²) in [7, 11) is 1.79. The lowest BCUT2D eigenvalue weighted by Crippen LogP contribution is -2.30. The van der Waals surface area contributed by atoms with Gasteiger partial charge in [-0.3, -0.25) is 4.79 Å². The third-order valence-electron chi connectivity index (χ3n) is 3.05. The summed E-state index contributed by atoms with van der Waals surface area (Å²) >= 11 is 0. The molecule has 0 saturated heterocycles. The number of benzene rings is 1. The number of rotatable bonds is 4. The molecule has 2 aromatic rings. The average molecular weight is 349 g/mol. The van der Waals surface area contributed by atoms with Crippen LogP contribution in [0.4, 0.5) is 4.39 Å². The summed E-state index contributed by atoms with van der Waals surface area (Å²) in [4.78, 5) is 20.7. The fourth-order valence-electron chi connectivity index (χ4n) is 1.87. The van der Waals surface area contributed by atoms with E-state index >= 15 is 0 Å². The van der Waals surface area contributed by atoms with Gasteiger partial charge in [0.05, 0.1) is 22.5 Å². The van der Waals surface area contributed by atoms with Crippen LogP contribution in [-0.2, 0) is 0 Å². The Morgan fingerprint density at radius 2 is 1.77 bits per heavy atom. The second-order valence-corrected chi connectivity index (χ2v) is 4.57. The van der Waals surface area contributed by atoms with Gasteiger partial charge in [-0.1, -0.05) is 0 Å². The van der Waals surface area contributed by atoms with Crippen LogP contribution in [0, 0.1) is 19.7 Å². The molecule has 0 bridgehead atoms. The minimum Gasteiger partial charge on any atom is -0.351 e. The molecular formula is C14H19Cl2FN4O. The van der Waals surface area contributed by atoms with E-state index in [2.05, 4.69) is 20.6 Å². The lowest BCUT2D eigenvalue weighted by Gasteiger charge is -2.09. The molecule has 122 valence electrons. The zero-order chi connectivity index (χ0) is 14.7. The monoisotopic (exact) mass is 348 g/mol. The molecule has 0 aliphatic heterocycles. The summed E-state index contributed by atoms with van der Waals surface area (Å²) < 4.78 is 13.6. The van der Waals surface area contributed by atoms with Crippen molar-refractivity contribution in [3.05, 3.63) is 34.9 Å². The third kappa shape index (κ3) is 4.50. The number of likely N-dealkylation sites (N-methyl/N-ethyl adjacent to an activating group) is 1. The van der Waals surface area contributed by atoms with Gasteiger partial charge >= 0.3 is 0 Å². The Morgan fingerprint density at radius 3 is 2.41 bits per heavy atom. The summed E-state index contributed by atoms with van der Waals surface area (Å²) in [6.45, 7) is 4.72. The molecule has 5 nitrogen and oxygen atoms in total. The first-order chi connectivity index (χ1) is 9.52. The number of amides is 1. The molecule has 0 fully saturated rings. The maximum atomic E-state index is 13.6. The van der Waals surface area contributed by atoms with Gasteiger partial charge in [0, 0.05) is 19.2 Å². The molecule has 0 atom stereocenters. The Balaban J connectivity index is 0.00000220. The zero-order valence-electron chi connectivity index (χ0n) is 12.6. The van der Waals surface area contributed by atoms with E-state index in [9.17, 15) is 9.18 Å². The van der Waals surface area contributed by atoms with E-state index in [0.29, 0.717) is 24.1 Å². The van der Waals surface area contributed by atoms with E-state index in [1.807, 2.05) is 6.92 Å². The molecule has 0 spiro atoms. The fourth-order valence-corrected chi connectivity index (χ4v) is 1.87. The number of nitrogens with one attached hydrogen (secondary N) is 2. The van der Waals surface area contributed by atoms with Crippen molar-refractivity contribution in [3.63, 3.8) is 0 Å². The maximum Gasteiger partial charge on any atom is 0.253 e. The zero-order valence-corrected chi connectivity index (χ0v) is 14.2. The Hall–Kier alpha value is -1.50. The van der Waals surface area contributed by atoms with Gasteiger partial charge in [0.2, 0.25) is 0 Å². The van der Waals surface area contributed by atoms with Crippen LogP contribution in [0.15, 0.2) is 12.1 Å². The van der Waals surface area contributed by atoms with E-state index in [-0.39, 0.29) is 36.3 Å². The molecule has 2 rings (SSSR count). The van der Waals surface area contributed by atoms with Crippen LogP contribution >= 0.6 is 24.8 Å². The first kappa shape index (κ1) is 20.5. The highest BCUT2D eigenvalue weighted by molar-refractivity contribution is 6.04. The van der Waals surface area contributed by atoms with Crippen molar-refractivity contribution >= 4 is 41.8 Å². The topological polar surface area (TPSA) is 66.9 Å². The molecule has 0 radical (unpaired) electrons. The number of carbonyl (C=O) groups is 1. The smallest absolute Gasteiger partial charge is 0.253 e. The Labute approximate surface area is 140 Å². The van der Waals surface area contributed by atoms with Crippen LogP contribution < -0.4 is 10.6 Å². The van der Waals surface area contributed by atoms with Gasteiger partial charge < -0.3 is 10.6 Å². The molecule has 0 aliphatic rings. The summed E-state index contributed by atoms with van der Waals surface area (Å²) in [6, 6.07) is 2.49. The van der Waals surface area contributed by atoms with Crippen LogP contribution in [0.2, 0.25) is 0 Å². The second-order valence-electron chi connectivity index (χ2n) is 4.57. The van der Waals surface area contributed by atoms with Crippen LogP contribution in [0.1, 0.15) is 21.7 Å². The number of aromatic nitrogens is 2. The number of carbonyl (C=O) groups excluding carboxylic acids is 1. The predicted molar refractivity (Wildman–Crippen MR) is 89.7 cm³/mol. The fraction of sp³-hybridized carbons (Fsp3) is 0.357. The number of hydrogen-bond donors (Lipinski definition) is 2. The van der Waals surface area contributed by atoms with Crippen LogP contribution in [0.5, 0.6) is 0 Å². The van der Waals surface area contributed by atoms with Crippen molar-refractivity contribution in [2.24, 2.45) is 0 Å². The predicted octanol–water partition coefficient (Wildman–Crippen LogP) is 2.18. The largest absolute Gasteiger partial charge is 0.351 e. The highest BCUT2D eigenvalue weighted by atomic mass is 35.5. The number of fused-ring (bicyclic) bond motifs is 1. The molecule has 1 amide bonds. The highest BCUT2D eigenvalue weighted by Crippen LogP contribution is 2.19. The van der Waals surface area contributed by atoms with Gasteiger partial charge in [-0.2, -0.15) is 0 Å². The summed E-state index contributed by atoms with van der Waals surface area (Å²) in [5.41, 5.74) is 2.49. The molecule has 1 heterocycles. The summed E-state index contributed by atoms with van der Waals surface area (Å²) in [6.07, 6.45) is 0. The number of aryl methyl sites for hydroxylation is 2. The Bertz CT molecular complexity index is 667. The van der Waals surface area contributed by atoms with E-state index in [1.54, 1.807) is 14.0 Å². The minimum absolute atomic E-state index is 0. The van der Waals surface area contributed by atoms with E-state index in [4.69, 9.17) is 0 Å². The molecule has 2 N–H and O–H groups in total. The quantitative estimate of drug-likeness (QED) is 0.831. The van der Waals surface area contributed by atoms with Crippen LogP contribution in [-0.4, -0.2) is 36.0 Å². The van der Waals surface area contributed by atoms with E-state index in [1.165, 1.54) is 12.1 Å².